The molecule has 0 amide bonds. The number of aryl methyl sites for hydroxylation is 1. The van der Waals surface area contributed by atoms with Crippen molar-refractivity contribution in [1.82, 2.24) is 0 Å². The van der Waals surface area contributed by atoms with Gasteiger partial charge in [0.2, 0.25) is 0 Å². The number of fused-ring (bicyclic) bond motifs is 1. The lowest BCUT2D eigenvalue weighted by atomic mass is 10.2. The summed E-state index contributed by atoms with van der Waals surface area (Å²) in [5, 5.41) is 1.56. The molecule has 0 unspecified atom stereocenters. The van der Waals surface area contributed by atoms with Crippen molar-refractivity contribution >= 4 is 43.7 Å². The minimum absolute atomic E-state index is 0.428. The lowest BCUT2D eigenvalue weighted by Gasteiger charge is -1.91. The first-order valence-corrected chi connectivity index (χ1v) is 6.30. The first-order chi connectivity index (χ1) is 6.59. The zero-order chi connectivity index (χ0) is 10.3. The van der Waals surface area contributed by atoms with Crippen LogP contribution in [0.4, 0.5) is 0 Å². The quantitative estimate of drug-likeness (QED) is 0.786. The second-order valence-corrected chi connectivity index (χ2v) is 5.68. The molecule has 2 aromatic rings. The van der Waals surface area contributed by atoms with Crippen LogP contribution in [0.1, 0.15) is 5.56 Å². The minimum atomic E-state index is -2.50. The van der Waals surface area contributed by atoms with Crippen LogP contribution in [0.3, 0.4) is 0 Å². The van der Waals surface area contributed by atoms with Crippen molar-refractivity contribution in [3.63, 3.8) is 0 Å². The highest BCUT2D eigenvalue weighted by Crippen LogP contribution is 2.33. The zero-order valence-corrected chi connectivity index (χ0v) is 9.75. The van der Waals surface area contributed by atoms with E-state index < -0.39 is 10.7 Å². The topological polar surface area (TPSA) is 34.1 Å². The molecule has 5 heteroatoms. The highest BCUT2D eigenvalue weighted by atomic mass is 35.5. The van der Waals surface area contributed by atoms with Crippen LogP contribution in [0.2, 0.25) is 5.02 Å². The summed E-state index contributed by atoms with van der Waals surface area (Å²) in [5.41, 5.74) is 0.795. The maximum absolute atomic E-state index is 10.9. The van der Waals surface area contributed by atoms with E-state index in [1.165, 1.54) is 11.3 Å². The Morgan fingerprint density at radius 3 is 2.71 bits per heavy atom. The number of halogens is 1. The van der Waals surface area contributed by atoms with E-state index in [0.29, 0.717) is 9.23 Å². The Hall–Kier alpha value is -0.580. The summed E-state index contributed by atoms with van der Waals surface area (Å²) in [6, 6.07) is 5.41. The standard InChI is InChI=1S/C9H7ClO2S2/c1-5-7-4-6(10)2-3-8(7)13-9(5)14(11)12/h2-4,14H,1H3. The van der Waals surface area contributed by atoms with Gasteiger partial charge in [-0.3, -0.25) is 0 Å². The van der Waals surface area contributed by atoms with Crippen LogP contribution < -0.4 is 0 Å². The van der Waals surface area contributed by atoms with Crippen LogP contribution >= 0.6 is 22.9 Å². The molecule has 0 aliphatic carbocycles. The van der Waals surface area contributed by atoms with Crippen LogP contribution in [-0.4, -0.2) is 8.42 Å². The smallest absolute Gasteiger partial charge is 0.177 e. The van der Waals surface area contributed by atoms with Crippen molar-refractivity contribution in [2.24, 2.45) is 0 Å². The van der Waals surface area contributed by atoms with Gasteiger partial charge in [0.15, 0.2) is 10.7 Å². The number of rotatable bonds is 1. The molecule has 0 aliphatic heterocycles. The predicted molar refractivity (Wildman–Crippen MR) is 60.2 cm³/mol. The SMILES string of the molecule is Cc1c([SH](=O)=O)sc2ccc(Cl)cc12. The van der Waals surface area contributed by atoms with Crippen molar-refractivity contribution < 1.29 is 8.42 Å². The fraction of sp³-hybridized carbons (Fsp3) is 0.111. The molecule has 1 aromatic carbocycles. The van der Waals surface area contributed by atoms with Gasteiger partial charge in [-0.05, 0) is 36.1 Å². The van der Waals surface area contributed by atoms with Gasteiger partial charge in [-0.2, -0.15) is 0 Å². The molecule has 0 N–H and O–H groups in total. The Kier molecular flexibility index (Phi) is 2.51. The van der Waals surface area contributed by atoms with Gasteiger partial charge in [0.25, 0.3) is 0 Å². The number of hydrogen-bond donors (Lipinski definition) is 1. The third-order valence-electron chi connectivity index (χ3n) is 2.04. The van der Waals surface area contributed by atoms with E-state index in [0.717, 1.165) is 15.6 Å². The number of hydrogen-bond acceptors (Lipinski definition) is 3. The molecule has 0 saturated heterocycles. The second-order valence-electron chi connectivity index (χ2n) is 2.93. The van der Waals surface area contributed by atoms with Crippen molar-refractivity contribution in [3.8, 4) is 0 Å². The summed E-state index contributed by atoms with van der Waals surface area (Å²) in [7, 11) is -2.50. The monoisotopic (exact) mass is 246 g/mol. The summed E-state index contributed by atoms with van der Waals surface area (Å²) in [6.45, 7) is 1.80. The van der Waals surface area contributed by atoms with Crippen molar-refractivity contribution in [1.29, 1.82) is 0 Å². The molecule has 0 radical (unpaired) electrons. The van der Waals surface area contributed by atoms with E-state index in [1.807, 2.05) is 6.07 Å². The molecular formula is C9H7ClO2S2. The number of thiol groups is 1. The van der Waals surface area contributed by atoms with Crippen LogP contribution in [0.25, 0.3) is 10.1 Å². The van der Waals surface area contributed by atoms with Crippen LogP contribution in [0.5, 0.6) is 0 Å². The highest BCUT2D eigenvalue weighted by molar-refractivity contribution is 7.75. The Morgan fingerprint density at radius 2 is 2.07 bits per heavy atom. The molecule has 0 atom stereocenters. The highest BCUT2D eigenvalue weighted by Gasteiger charge is 2.09. The fourth-order valence-electron chi connectivity index (χ4n) is 1.35. The lowest BCUT2D eigenvalue weighted by molar-refractivity contribution is 0.616. The molecule has 0 saturated carbocycles. The average molecular weight is 247 g/mol. The molecule has 0 spiro atoms. The fourth-order valence-corrected chi connectivity index (χ4v) is 3.44. The zero-order valence-electron chi connectivity index (χ0n) is 7.28. The Bertz CT molecular complexity index is 561. The van der Waals surface area contributed by atoms with Gasteiger partial charge in [0.05, 0.1) is 0 Å². The maximum atomic E-state index is 10.9. The first-order valence-electron chi connectivity index (χ1n) is 3.92. The molecular weight excluding hydrogens is 240 g/mol. The van der Waals surface area contributed by atoms with Gasteiger partial charge in [0, 0.05) is 9.72 Å². The van der Waals surface area contributed by atoms with Gasteiger partial charge in [0.1, 0.15) is 4.21 Å². The molecule has 0 aliphatic rings. The molecule has 2 nitrogen and oxygen atoms in total. The normalized spacial score (nSPS) is 11.4. The summed E-state index contributed by atoms with van der Waals surface area (Å²) >= 11 is 7.12. The van der Waals surface area contributed by atoms with Gasteiger partial charge >= 0.3 is 0 Å². The largest absolute Gasteiger partial charge is 0.226 e. The summed E-state index contributed by atoms with van der Waals surface area (Å²) in [6.07, 6.45) is 0. The third-order valence-corrected chi connectivity index (χ3v) is 4.74. The van der Waals surface area contributed by atoms with E-state index in [2.05, 4.69) is 0 Å². The van der Waals surface area contributed by atoms with Crippen LogP contribution in [0.15, 0.2) is 22.4 Å². The maximum Gasteiger partial charge on any atom is 0.177 e. The summed E-state index contributed by atoms with van der Waals surface area (Å²) < 4.78 is 23.2. The number of benzene rings is 1. The van der Waals surface area contributed by atoms with Crippen molar-refractivity contribution in [2.75, 3.05) is 0 Å². The molecule has 2 rings (SSSR count). The predicted octanol–water partition coefficient (Wildman–Crippen LogP) is 2.83. The Labute approximate surface area is 92.1 Å². The molecule has 74 valence electrons. The Morgan fingerprint density at radius 1 is 1.36 bits per heavy atom. The van der Waals surface area contributed by atoms with E-state index >= 15 is 0 Å². The second kappa shape index (κ2) is 3.53. The van der Waals surface area contributed by atoms with E-state index in [4.69, 9.17) is 11.6 Å². The number of thiophene rings is 1. The molecule has 0 bridgehead atoms. The minimum Gasteiger partial charge on any atom is -0.226 e. The average Bonchev–Trinajstić information content (AvgIpc) is 2.44. The van der Waals surface area contributed by atoms with Gasteiger partial charge in [-0.1, -0.05) is 11.6 Å². The van der Waals surface area contributed by atoms with E-state index in [9.17, 15) is 8.42 Å². The molecule has 14 heavy (non-hydrogen) atoms. The van der Waals surface area contributed by atoms with E-state index in [1.54, 1.807) is 19.1 Å². The van der Waals surface area contributed by atoms with Crippen molar-refractivity contribution in [3.05, 3.63) is 28.8 Å². The van der Waals surface area contributed by atoms with E-state index in [-0.39, 0.29) is 0 Å². The van der Waals surface area contributed by atoms with Crippen LogP contribution in [-0.2, 0) is 10.7 Å². The lowest BCUT2D eigenvalue weighted by Crippen LogP contribution is -1.76. The van der Waals surface area contributed by atoms with Gasteiger partial charge in [-0.15, -0.1) is 11.3 Å². The van der Waals surface area contributed by atoms with Crippen LogP contribution in [0, 0.1) is 6.92 Å². The first kappa shape index (κ1) is 9.96. The van der Waals surface area contributed by atoms with Gasteiger partial charge in [-0.25, -0.2) is 8.42 Å². The van der Waals surface area contributed by atoms with Crippen molar-refractivity contribution in [2.45, 2.75) is 11.1 Å². The summed E-state index contributed by atoms with van der Waals surface area (Å²) in [5.74, 6) is 0. The van der Waals surface area contributed by atoms with Gasteiger partial charge < -0.3 is 0 Å². The molecule has 1 aromatic heterocycles. The molecule has 1 heterocycles. The Balaban J connectivity index is 2.87. The third kappa shape index (κ3) is 1.54. The summed E-state index contributed by atoms with van der Waals surface area (Å²) in [4.78, 5) is 0. The molecule has 0 fully saturated rings.